The van der Waals surface area contributed by atoms with Gasteiger partial charge in [-0.25, -0.2) is 0 Å². The molecule has 80 valence electrons. The number of benzene rings is 1. The summed E-state index contributed by atoms with van der Waals surface area (Å²) in [6.45, 7) is 0.138. The van der Waals surface area contributed by atoms with E-state index >= 15 is 0 Å². The van der Waals surface area contributed by atoms with Gasteiger partial charge in [-0.2, -0.15) is 8.42 Å². The van der Waals surface area contributed by atoms with Crippen molar-refractivity contribution < 1.29 is 16.5 Å². The number of hydrogen-bond acceptors (Lipinski definition) is 4. The van der Waals surface area contributed by atoms with Crippen molar-refractivity contribution in [2.45, 2.75) is 6.54 Å². The molecule has 0 aliphatic heterocycles. The molecular weight excluding hydrogens is 224 g/mol. The second-order valence-corrected chi connectivity index (χ2v) is 3.46. The minimum absolute atomic E-state index is 0.137. The lowest BCUT2D eigenvalue weighted by Gasteiger charge is -2.00. The van der Waals surface area contributed by atoms with Crippen LogP contribution in [0, 0.1) is 0 Å². The summed E-state index contributed by atoms with van der Waals surface area (Å²) in [4.78, 5) is 2.55. The molecule has 0 amide bonds. The lowest BCUT2D eigenvalue weighted by molar-refractivity contribution is 0.440. The average Bonchev–Trinajstić information content (AvgIpc) is 2.14. The van der Waals surface area contributed by atoms with Gasteiger partial charge in [0.05, 0.1) is 6.54 Å². The van der Waals surface area contributed by atoms with E-state index in [1.54, 1.807) is 0 Å². The molecule has 0 radical (unpaired) electrons. The molecule has 15 heavy (non-hydrogen) atoms. The van der Waals surface area contributed by atoms with Crippen LogP contribution in [0.5, 0.6) is 5.75 Å². The smallest absolute Gasteiger partial charge is 0.358 e. The van der Waals surface area contributed by atoms with Gasteiger partial charge in [0, 0.05) is 4.91 Å². The molecule has 0 saturated carbocycles. The topological polar surface area (TPSA) is 92.1 Å². The maximum atomic E-state index is 12.1. The van der Waals surface area contributed by atoms with Crippen molar-refractivity contribution in [3.05, 3.63) is 40.3 Å². The van der Waals surface area contributed by atoms with Crippen molar-refractivity contribution in [3.8, 4) is 5.75 Å². The first-order valence-corrected chi connectivity index (χ1v) is 5.06. The molecule has 0 spiro atoms. The zero-order valence-corrected chi connectivity index (χ0v) is 8.19. The van der Waals surface area contributed by atoms with E-state index in [1.165, 1.54) is 24.3 Å². The molecule has 1 aromatic carbocycles. The largest absolute Gasteiger partial charge is 0.488 e. The van der Waals surface area contributed by atoms with Gasteiger partial charge in [0.15, 0.2) is 0 Å². The third kappa shape index (κ3) is 4.30. The highest BCUT2D eigenvalue weighted by Gasteiger charge is 2.08. The van der Waals surface area contributed by atoms with Crippen LogP contribution in [0.4, 0.5) is 3.89 Å². The van der Waals surface area contributed by atoms with E-state index in [0.29, 0.717) is 5.56 Å². The van der Waals surface area contributed by atoms with Gasteiger partial charge in [-0.05, 0) is 23.2 Å². The quantitative estimate of drug-likeness (QED) is 0.343. The monoisotopic (exact) mass is 230 g/mol. The van der Waals surface area contributed by atoms with Crippen molar-refractivity contribution in [1.29, 1.82) is 0 Å². The first kappa shape index (κ1) is 11.3. The Labute approximate surface area is 85.3 Å². The summed E-state index contributed by atoms with van der Waals surface area (Å²) < 4.78 is 36.2. The van der Waals surface area contributed by atoms with Gasteiger partial charge in [-0.15, -0.1) is 0 Å². The summed E-state index contributed by atoms with van der Waals surface area (Å²) in [6.07, 6.45) is 0. The summed E-state index contributed by atoms with van der Waals surface area (Å²) in [5, 5.41) is 3.29. The Hall–Kier alpha value is -1.79. The van der Waals surface area contributed by atoms with Crippen molar-refractivity contribution in [1.82, 2.24) is 0 Å². The average molecular weight is 230 g/mol. The lowest BCUT2D eigenvalue weighted by Crippen LogP contribution is -2.00. The van der Waals surface area contributed by atoms with Gasteiger partial charge in [-0.3, -0.25) is 0 Å². The van der Waals surface area contributed by atoms with Crippen LogP contribution in [-0.2, 0) is 17.0 Å². The van der Waals surface area contributed by atoms with Gasteiger partial charge < -0.3 is 4.18 Å². The molecule has 0 aliphatic rings. The Kier molecular flexibility index (Phi) is 3.48. The highest BCUT2D eigenvalue weighted by Crippen LogP contribution is 2.15. The summed E-state index contributed by atoms with van der Waals surface area (Å²) >= 11 is 0. The molecule has 0 bridgehead atoms. The highest BCUT2D eigenvalue weighted by atomic mass is 32.3. The standard InChI is InChI=1S/C7H6FN3O3S/c8-15(12,13)14-7-3-1-6(2-4-7)5-10-11-9/h1-4H,5H2/i8-1. The number of hydrogen-bond donors (Lipinski definition) is 0. The Bertz CT molecular complexity index is 479. The van der Waals surface area contributed by atoms with Crippen LogP contribution in [0.3, 0.4) is 0 Å². The summed E-state index contributed by atoms with van der Waals surface area (Å²) in [5.41, 5.74) is 8.70. The van der Waals surface area contributed by atoms with E-state index in [9.17, 15) is 12.3 Å². The Morgan fingerprint density at radius 3 is 2.47 bits per heavy atom. The highest BCUT2D eigenvalue weighted by molar-refractivity contribution is 7.81. The first-order valence-electron chi connectivity index (χ1n) is 3.75. The normalized spacial score (nSPS) is 10.5. The molecular formula is C7H6FN3O3S. The van der Waals surface area contributed by atoms with Gasteiger partial charge in [0.25, 0.3) is 0 Å². The molecule has 0 N–H and O–H groups in total. The molecule has 1 aromatic rings. The maximum Gasteiger partial charge on any atom is 0.488 e. The molecule has 8 heteroatoms. The van der Waals surface area contributed by atoms with Crippen molar-refractivity contribution in [2.75, 3.05) is 0 Å². The number of nitrogens with zero attached hydrogens (tertiary/aromatic N) is 3. The van der Waals surface area contributed by atoms with Gasteiger partial charge in [0.2, 0.25) is 0 Å². The molecule has 0 atom stereocenters. The molecule has 1 rings (SSSR count). The molecule has 0 aliphatic carbocycles. The van der Waals surface area contributed by atoms with Crippen LogP contribution < -0.4 is 4.18 Å². The number of rotatable bonds is 4. The minimum Gasteiger partial charge on any atom is -0.358 e. The van der Waals surface area contributed by atoms with Gasteiger partial charge in [-0.1, -0.05) is 21.1 Å². The minimum atomic E-state index is -4.99. The summed E-state index contributed by atoms with van der Waals surface area (Å²) in [6, 6.07) is 5.46. The Morgan fingerprint density at radius 2 is 2.00 bits per heavy atom. The fourth-order valence-corrected chi connectivity index (χ4v) is 1.22. The molecule has 0 heterocycles. The van der Waals surface area contributed by atoms with Gasteiger partial charge >= 0.3 is 10.5 Å². The van der Waals surface area contributed by atoms with Crippen LogP contribution in [0.2, 0.25) is 0 Å². The fourth-order valence-electron chi connectivity index (χ4n) is 0.879. The summed E-state index contributed by atoms with van der Waals surface area (Å²) in [7, 11) is -4.99. The van der Waals surface area contributed by atoms with Crippen LogP contribution >= 0.6 is 0 Å². The third-order valence-corrected chi connectivity index (χ3v) is 1.83. The Balaban J connectivity index is 2.76. The predicted octanol–water partition coefficient (Wildman–Crippen LogP) is 2.09. The third-order valence-electron chi connectivity index (χ3n) is 1.44. The van der Waals surface area contributed by atoms with Crippen molar-refractivity contribution in [2.24, 2.45) is 5.11 Å². The Morgan fingerprint density at radius 1 is 1.40 bits per heavy atom. The van der Waals surface area contributed by atoms with Crippen LogP contribution in [-0.4, -0.2) is 8.42 Å². The van der Waals surface area contributed by atoms with E-state index in [2.05, 4.69) is 14.2 Å². The van der Waals surface area contributed by atoms with Crippen LogP contribution in [0.1, 0.15) is 5.56 Å². The van der Waals surface area contributed by atoms with Crippen molar-refractivity contribution in [3.63, 3.8) is 0 Å². The van der Waals surface area contributed by atoms with Crippen molar-refractivity contribution >= 4 is 10.5 Å². The zero-order chi connectivity index (χ0) is 11.3. The van der Waals surface area contributed by atoms with E-state index < -0.39 is 10.5 Å². The molecule has 0 saturated heterocycles. The van der Waals surface area contributed by atoms with Crippen LogP contribution in [0.25, 0.3) is 10.4 Å². The van der Waals surface area contributed by atoms with E-state index in [4.69, 9.17) is 5.53 Å². The summed E-state index contributed by atoms with van der Waals surface area (Å²) in [5.74, 6) is -0.137. The maximum absolute atomic E-state index is 12.1. The number of halogens is 1. The predicted molar refractivity (Wildman–Crippen MR) is 49.9 cm³/mol. The molecule has 6 nitrogen and oxygen atoms in total. The van der Waals surface area contributed by atoms with Crippen LogP contribution in [0.15, 0.2) is 29.4 Å². The number of azide groups is 1. The molecule has 0 aromatic heterocycles. The first-order chi connectivity index (χ1) is 7.01. The second-order valence-electron chi connectivity index (χ2n) is 2.51. The second kappa shape index (κ2) is 4.63. The molecule has 0 fully saturated rings. The molecule has 0 unspecified atom stereocenters. The van der Waals surface area contributed by atoms with E-state index in [1.807, 2.05) is 0 Å². The SMILES string of the molecule is [N-]=[N+]=NCc1ccc(OS(=O)(=O)[18F])cc1. The zero-order valence-electron chi connectivity index (χ0n) is 7.37. The lowest BCUT2D eigenvalue weighted by atomic mass is 10.2. The fraction of sp³-hybridized carbons (Fsp3) is 0.143. The van der Waals surface area contributed by atoms with E-state index in [0.717, 1.165) is 0 Å². The van der Waals surface area contributed by atoms with E-state index in [-0.39, 0.29) is 12.3 Å². The van der Waals surface area contributed by atoms with Gasteiger partial charge in [0.1, 0.15) is 5.75 Å².